The third kappa shape index (κ3) is 3.79. The number of aromatic nitrogens is 2. The third-order valence-corrected chi connectivity index (χ3v) is 3.45. The molecular formula is C16H18N2O4. The lowest BCUT2D eigenvalue weighted by Gasteiger charge is -2.04. The SMILES string of the molecule is CCC(O)Cc1nc(Cc2ccc(C(=O)O)cc2)[nH]c1C=O. The molecule has 0 aliphatic heterocycles. The highest BCUT2D eigenvalue weighted by Crippen LogP contribution is 2.13. The summed E-state index contributed by atoms with van der Waals surface area (Å²) in [6.45, 7) is 1.86. The molecule has 1 unspecified atom stereocenters. The van der Waals surface area contributed by atoms with Crippen LogP contribution in [-0.2, 0) is 12.8 Å². The maximum Gasteiger partial charge on any atom is 0.335 e. The number of carboxylic acids is 1. The maximum absolute atomic E-state index is 11.1. The zero-order valence-electron chi connectivity index (χ0n) is 12.2. The van der Waals surface area contributed by atoms with Crippen LogP contribution in [0.5, 0.6) is 0 Å². The van der Waals surface area contributed by atoms with Crippen molar-refractivity contribution in [1.82, 2.24) is 9.97 Å². The molecule has 1 aromatic carbocycles. The van der Waals surface area contributed by atoms with Crippen molar-refractivity contribution < 1.29 is 19.8 Å². The van der Waals surface area contributed by atoms with Crippen LogP contribution in [0.25, 0.3) is 0 Å². The van der Waals surface area contributed by atoms with Gasteiger partial charge in [-0.2, -0.15) is 0 Å². The first-order valence-corrected chi connectivity index (χ1v) is 7.06. The van der Waals surface area contributed by atoms with E-state index in [2.05, 4.69) is 9.97 Å². The monoisotopic (exact) mass is 302 g/mol. The first-order valence-electron chi connectivity index (χ1n) is 7.06. The van der Waals surface area contributed by atoms with E-state index in [-0.39, 0.29) is 5.56 Å². The van der Waals surface area contributed by atoms with Gasteiger partial charge in [-0.1, -0.05) is 19.1 Å². The number of H-pyrrole nitrogens is 1. The van der Waals surface area contributed by atoms with Crippen LogP contribution in [-0.4, -0.2) is 38.5 Å². The van der Waals surface area contributed by atoms with Gasteiger partial charge in [0, 0.05) is 12.8 Å². The van der Waals surface area contributed by atoms with E-state index in [0.717, 1.165) is 5.56 Å². The van der Waals surface area contributed by atoms with Crippen molar-refractivity contribution in [1.29, 1.82) is 0 Å². The fraction of sp³-hybridized carbons (Fsp3) is 0.312. The van der Waals surface area contributed by atoms with Crippen molar-refractivity contribution in [3.8, 4) is 0 Å². The van der Waals surface area contributed by atoms with Crippen LogP contribution >= 0.6 is 0 Å². The minimum Gasteiger partial charge on any atom is -0.478 e. The van der Waals surface area contributed by atoms with Crippen LogP contribution in [0, 0.1) is 0 Å². The first-order chi connectivity index (χ1) is 10.5. The van der Waals surface area contributed by atoms with E-state index in [4.69, 9.17) is 5.11 Å². The summed E-state index contributed by atoms with van der Waals surface area (Å²) in [5.41, 5.74) is 2.05. The second kappa shape index (κ2) is 7.00. The lowest BCUT2D eigenvalue weighted by Crippen LogP contribution is -2.10. The van der Waals surface area contributed by atoms with Gasteiger partial charge in [0.15, 0.2) is 6.29 Å². The molecule has 1 atom stereocenters. The van der Waals surface area contributed by atoms with Crippen LogP contribution in [0.3, 0.4) is 0 Å². The molecule has 0 radical (unpaired) electrons. The van der Waals surface area contributed by atoms with E-state index in [1.807, 2.05) is 6.92 Å². The molecule has 0 bridgehead atoms. The number of aldehydes is 1. The number of carboxylic acid groups (broad SMARTS) is 1. The Morgan fingerprint density at radius 3 is 2.59 bits per heavy atom. The topological polar surface area (TPSA) is 103 Å². The van der Waals surface area contributed by atoms with E-state index >= 15 is 0 Å². The predicted octanol–water partition coefficient (Wildman–Crippen LogP) is 1.82. The Morgan fingerprint density at radius 1 is 1.36 bits per heavy atom. The quantitative estimate of drug-likeness (QED) is 0.677. The summed E-state index contributed by atoms with van der Waals surface area (Å²) in [7, 11) is 0. The van der Waals surface area contributed by atoms with Gasteiger partial charge in [-0.05, 0) is 24.1 Å². The number of nitrogens with zero attached hydrogens (tertiary/aromatic N) is 1. The summed E-state index contributed by atoms with van der Waals surface area (Å²) in [6.07, 6.45) is 1.56. The third-order valence-electron chi connectivity index (χ3n) is 3.45. The number of benzene rings is 1. The molecule has 3 N–H and O–H groups in total. The van der Waals surface area contributed by atoms with Crippen molar-refractivity contribution >= 4 is 12.3 Å². The summed E-state index contributed by atoms with van der Waals surface area (Å²) in [5.74, 6) is -0.355. The summed E-state index contributed by atoms with van der Waals surface area (Å²) >= 11 is 0. The molecule has 6 nitrogen and oxygen atoms in total. The number of aromatic carboxylic acids is 1. The van der Waals surface area contributed by atoms with Gasteiger partial charge in [-0.15, -0.1) is 0 Å². The molecule has 0 saturated carbocycles. The van der Waals surface area contributed by atoms with Gasteiger partial charge >= 0.3 is 5.97 Å². The molecule has 1 aromatic heterocycles. The molecule has 0 aliphatic carbocycles. The van der Waals surface area contributed by atoms with Crippen molar-refractivity contribution in [2.45, 2.75) is 32.3 Å². The number of aliphatic hydroxyl groups is 1. The van der Waals surface area contributed by atoms with Crippen LogP contribution in [0.4, 0.5) is 0 Å². The Morgan fingerprint density at radius 2 is 2.05 bits per heavy atom. The summed E-state index contributed by atoms with van der Waals surface area (Å²) in [5, 5.41) is 18.6. The number of nitrogens with one attached hydrogen (secondary N) is 1. The fourth-order valence-electron chi connectivity index (χ4n) is 2.14. The number of carbonyl (C=O) groups excluding carboxylic acids is 1. The van der Waals surface area contributed by atoms with Gasteiger partial charge in [-0.3, -0.25) is 4.79 Å². The maximum atomic E-state index is 11.1. The number of aliphatic hydroxyl groups excluding tert-OH is 1. The Balaban J connectivity index is 2.15. The molecule has 116 valence electrons. The number of carbonyl (C=O) groups is 2. The van der Waals surface area contributed by atoms with Gasteiger partial charge in [0.05, 0.1) is 17.4 Å². The summed E-state index contributed by atoms with van der Waals surface area (Å²) in [6, 6.07) is 6.49. The molecule has 22 heavy (non-hydrogen) atoms. The highest BCUT2D eigenvalue weighted by atomic mass is 16.4. The second-order valence-electron chi connectivity index (χ2n) is 5.11. The zero-order chi connectivity index (χ0) is 16.1. The Hall–Kier alpha value is -2.47. The van der Waals surface area contributed by atoms with Crippen LogP contribution in [0.1, 0.15) is 51.3 Å². The number of imidazole rings is 1. The normalized spacial score (nSPS) is 12.1. The van der Waals surface area contributed by atoms with E-state index in [0.29, 0.717) is 42.8 Å². The molecule has 2 rings (SSSR count). The van der Waals surface area contributed by atoms with E-state index < -0.39 is 12.1 Å². The molecule has 1 heterocycles. The van der Waals surface area contributed by atoms with Crippen LogP contribution in [0.15, 0.2) is 24.3 Å². The lowest BCUT2D eigenvalue weighted by molar-refractivity contribution is 0.0696. The number of rotatable bonds is 7. The fourth-order valence-corrected chi connectivity index (χ4v) is 2.14. The average molecular weight is 302 g/mol. The molecule has 2 aromatic rings. The summed E-state index contributed by atoms with van der Waals surface area (Å²) < 4.78 is 0. The molecule has 0 saturated heterocycles. The van der Waals surface area contributed by atoms with Crippen molar-refractivity contribution in [3.05, 3.63) is 52.6 Å². The Kier molecular flexibility index (Phi) is 5.06. The molecule has 6 heteroatoms. The molecule has 0 aliphatic rings. The predicted molar refractivity (Wildman–Crippen MR) is 80.2 cm³/mol. The van der Waals surface area contributed by atoms with Gasteiger partial charge in [0.1, 0.15) is 11.5 Å². The molecule has 0 spiro atoms. The van der Waals surface area contributed by atoms with Gasteiger partial charge in [0.2, 0.25) is 0 Å². The zero-order valence-corrected chi connectivity index (χ0v) is 12.2. The lowest BCUT2D eigenvalue weighted by atomic mass is 10.1. The smallest absolute Gasteiger partial charge is 0.335 e. The Labute approximate surface area is 127 Å². The summed E-state index contributed by atoms with van der Waals surface area (Å²) in [4.78, 5) is 29.2. The molecule has 0 amide bonds. The second-order valence-corrected chi connectivity index (χ2v) is 5.11. The van der Waals surface area contributed by atoms with Gasteiger partial charge < -0.3 is 15.2 Å². The highest BCUT2D eigenvalue weighted by molar-refractivity contribution is 5.87. The van der Waals surface area contributed by atoms with Crippen molar-refractivity contribution in [3.63, 3.8) is 0 Å². The molecule has 0 fully saturated rings. The minimum absolute atomic E-state index is 0.225. The highest BCUT2D eigenvalue weighted by Gasteiger charge is 2.13. The van der Waals surface area contributed by atoms with Crippen LogP contribution in [0.2, 0.25) is 0 Å². The van der Waals surface area contributed by atoms with Crippen molar-refractivity contribution in [2.75, 3.05) is 0 Å². The first kappa shape index (κ1) is 15.9. The standard InChI is InChI=1S/C16H18N2O4/c1-2-12(20)8-13-14(9-19)18-15(17-13)7-10-3-5-11(6-4-10)16(21)22/h3-6,9,12,20H,2,7-8H2,1H3,(H,17,18)(H,21,22). The van der Waals surface area contributed by atoms with E-state index in [1.54, 1.807) is 12.1 Å². The van der Waals surface area contributed by atoms with Gasteiger partial charge in [-0.25, -0.2) is 9.78 Å². The van der Waals surface area contributed by atoms with E-state index in [9.17, 15) is 14.7 Å². The van der Waals surface area contributed by atoms with Crippen LogP contribution < -0.4 is 0 Å². The van der Waals surface area contributed by atoms with Gasteiger partial charge in [0.25, 0.3) is 0 Å². The number of hydrogen-bond donors (Lipinski definition) is 3. The average Bonchev–Trinajstić information content (AvgIpc) is 2.89. The number of aromatic amines is 1. The largest absolute Gasteiger partial charge is 0.478 e. The minimum atomic E-state index is -0.969. The van der Waals surface area contributed by atoms with E-state index in [1.165, 1.54) is 12.1 Å². The Bertz CT molecular complexity index is 661. The van der Waals surface area contributed by atoms with Crippen molar-refractivity contribution in [2.24, 2.45) is 0 Å². The number of hydrogen-bond acceptors (Lipinski definition) is 4. The molecular weight excluding hydrogens is 284 g/mol.